The van der Waals surface area contributed by atoms with Crippen LogP contribution in [0.1, 0.15) is 12.7 Å². The number of aromatic nitrogens is 2. The molecule has 0 aliphatic heterocycles. The third-order valence-electron chi connectivity index (χ3n) is 2.63. The second-order valence-electron chi connectivity index (χ2n) is 4.37. The molecule has 2 rings (SSSR count). The molecule has 7 nitrogen and oxygen atoms in total. The standard InChI is InChI=1S/C11H14N2O5S2/c1-8(18-19(14)15)7-11-12-9-5-3-4-6-10(9)13(11)20(2,16)17/h3-6,8H,7H2,1-2H3,(H,14,15). The quantitative estimate of drug-likeness (QED) is 0.823. The van der Waals surface area contributed by atoms with Gasteiger partial charge in [-0.2, -0.15) is 4.21 Å². The molecule has 0 spiro atoms. The summed E-state index contributed by atoms with van der Waals surface area (Å²) in [6.07, 6.45) is 0.548. The van der Waals surface area contributed by atoms with E-state index in [2.05, 4.69) is 4.98 Å². The first-order valence-corrected chi connectivity index (χ1v) is 8.62. The Labute approximate surface area is 119 Å². The molecule has 1 N–H and O–H groups in total. The Kier molecular flexibility index (Phi) is 4.23. The van der Waals surface area contributed by atoms with E-state index in [9.17, 15) is 12.6 Å². The molecule has 0 amide bonds. The number of fused-ring (bicyclic) bond motifs is 1. The fourth-order valence-corrected chi connectivity index (χ4v) is 3.34. The van der Waals surface area contributed by atoms with Crippen molar-refractivity contribution in [1.82, 2.24) is 8.96 Å². The maximum absolute atomic E-state index is 11.9. The van der Waals surface area contributed by atoms with E-state index in [-0.39, 0.29) is 12.2 Å². The Morgan fingerprint density at radius 3 is 2.70 bits per heavy atom. The predicted molar refractivity (Wildman–Crippen MR) is 75.0 cm³/mol. The zero-order valence-electron chi connectivity index (χ0n) is 10.9. The lowest BCUT2D eigenvalue weighted by molar-refractivity contribution is 0.220. The Morgan fingerprint density at radius 1 is 1.45 bits per heavy atom. The normalized spacial score (nSPS) is 15.3. The Bertz CT molecular complexity index is 753. The van der Waals surface area contributed by atoms with E-state index >= 15 is 0 Å². The second-order valence-corrected chi connectivity index (χ2v) is 6.83. The molecule has 1 aromatic heterocycles. The van der Waals surface area contributed by atoms with Crippen molar-refractivity contribution in [1.29, 1.82) is 0 Å². The molecule has 20 heavy (non-hydrogen) atoms. The second kappa shape index (κ2) is 5.60. The van der Waals surface area contributed by atoms with Crippen LogP contribution < -0.4 is 0 Å². The van der Waals surface area contributed by atoms with Gasteiger partial charge in [-0.25, -0.2) is 17.4 Å². The molecule has 0 saturated heterocycles. The van der Waals surface area contributed by atoms with Crippen LogP contribution in [0.25, 0.3) is 11.0 Å². The van der Waals surface area contributed by atoms with Crippen molar-refractivity contribution >= 4 is 32.4 Å². The summed E-state index contributed by atoms with van der Waals surface area (Å²) < 4.78 is 48.9. The summed E-state index contributed by atoms with van der Waals surface area (Å²) in [6.45, 7) is 1.57. The molecule has 2 unspecified atom stereocenters. The Morgan fingerprint density at radius 2 is 2.10 bits per heavy atom. The topological polar surface area (TPSA) is 98.5 Å². The zero-order chi connectivity index (χ0) is 14.9. The van der Waals surface area contributed by atoms with Crippen molar-refractivity contribution in [3.05, 3.63) is 30.1 Å². The summed E-state index contributed by atoms with van der Waals surface area (Å²) in [5, 5.41) is 0. The molecule has 0 saturated carbocycles. The van der Waals surface area contributed by atoms with E-state index in [1.165, 1.54) is 0 Å². The highest BCUT2D eigenvalue weighted by Crippen LogP contribution is 2.19. The molecule has 0 aliphatic carbocycles. The maximum Gasteiger partial charge on any atom is 0.302 e. The molecule has 0 radical (unpaired) electrons. The van der Waals surface area contributed by atoms with Gasteiger partial charge < -0.3 is 0 Å². The monoisotopic (exact) mass is 318 g/mol. The summed E-state index contributed by atoms with van der Waals surface area (Å²) in [5.74, 6) is 0.270. The first-order chi connectivity index (χ1) is 9.29. The summed E-state index contributed by atoms with van der Waals surface area (Å²) in [7, 11) is -3.53. The third-order valence-corrected chi connectivity index (χ3v) is 4.20. The van der Waals surface area contributed by atoms with Crippen molar-refractivity contribution in [2.45, 2.75) is 19.4 Å². The third kappa shape index (κ3) is 3.23. The highest BCUT2D eigenvalue weighted by atomic mass is 32.2. The fourth-order valence-electron chi connectivity index (χ4n) is 1.98. The van der Waals surface area contributed by atoms with Crippen LogP contribution in [-0.4, -0.2) is 38.5 Å². The first kappa shape index (κ1) is 15.1. The average Bonchev–Trinajstić information content (AvgIpc) is 2.64. The van der Waals surface area contributed by atoms with Crippen LogP contribution in [0, 0.1) is 0 Å². The van der Waals surface area contributed by atoms with Gasteiger partial charge in [-0.15, -0.1) is 0 Å². The minimum Gasteiger partial charge on any atom is -0.284 e. The number of para-hydroxylation sites is 2. The molecule has 0 fully saturated rings. The number of nitrogens with zero attached hydrogens (tertiary/aromatic N) is 2. The maximum atomic E-state index is 11.9. The number of imidazole rings is 1. The van der Waals surface area contributed by atoms with E-state index in [1.54, 1.807) is 31.2 Å². The summed E-state index contributed by atoms with van der Waals surface area (Å²) in [5.41, 5.74) is 1.02. The summed E-state index contributed by atoms with van der Waals surface area (Å²) in [6, 6.07) is 6.84. The van der Waals surface area contributed by atoms with Crippen LogP contribution in [0.3, 0.4) is 0 Å². The highest BCUT2D eigenvalue weighted by Gasteiger charge is 2.20. The van der Waals surface area contributed by atoms with Gasteiger partial charge in [-0.3, -0.25) is 8.74 Å². The molecule has 2 atom stereocenters. The molecule has 2 aromatic rings. The molecular formula is C11H14N2O5S2. The lowest BCUT2D eigenvalue weighted by atomic mass is 10.3. The van der Waals surface area contributed by atoms with Crippen LogP contribution in [0.15, 0.2) is 24.3 Å². The van der Waals surface area contributed by atoms with Crippen LogP contribution in [0.4, 0.5) is 0 Å². The lowest BCUT2D eigenvalue weighted by Gasteiger charge is -2.10. The first-order valence-electron chi connectivity index (χ1n) is 5.74. The number of benzene rings is 1. The summed E-state index contributed by atoms with van der Waals surface area (Å²) in [4.78, 5) is 4.25. The molecule has 0 bridgehead atoms. The van der Waals surface area contributed by atoms with Gasteiger partial charge in [-0.1, -0.05) is 12.1 Å². The van der Waals surface area contributed by atoms with Gasteiger partial charge in [0.1, 0.15) is 5.82 Å². The molecule has 1 heterocycles. The number of rotatable bonds is 5. The average molecular weight is 318 g/mol. The van der Waals surface area contributed by atoms with Crippen molar-refractivity contribution < 1.29 is 21.4 Å². The lowest BCUT2D eigenvalue weighted by Crippen LogP contribution is -2.19. The minimum absolute atomic E-state index is 0.105. The van der Waals surface area contributed by atoms with E-state index in [4.69, 9.17) is 8.74 Å². The largest absolute Gasteiger partial charge is 0.302 e. The van der Waals surface area contributed by atoms with E-state index in [0.717, 1.165) is 10.2 Å². The SMILES string of the molecule is CC(Cc1nc2ccccc2n1S(C)(=O)=O)OS(=O)O. The number of hydrogen-bond donors (Lipinski definition) is 1. The fraction of sp³-hybridized carbons (Fsp3) is 0.364. The van der Waals surface area contributed by atoms with Crippen molar-refractivity contribution in [2.24, 2.45) is 0 Å². The molecule has 110 valence electrons. The van der Waals surface area contributed by atoms with Gasteiger partial charge in [0.05, 0.1) is 23.4 Å². The van der Waals surface area contributed by atoms with Crippen LogP contribution in [0.5, 0.6) is 0 Å². The number of hydrogen-bond acceptors (Lipinski definition) is 5. The van der Waals surface area contributed by atoms with Gasteiger partial charge in [0.25, 0.3) is 0 Å². The van der Waals surface area contributed by atoms with Crippen LogP contribution in [0.2, 0.25) is 0 Å². The predicted octanol–water partition coefficient (Wildman–Crippen LogP) is 0.928. The molecule has 0 aliphatic rings. The smallest absolute Gasteiger partial charge is 0.284 e. The highest BCUT2D eigenvalue weighted by molar-refractivity contribution is 7.89. The van der Waals surface area contributed by atoms with Gasteiger partial charge in [0, 0.05) is 6.42 Å². The van der Waals surface area contributed by atoms with Gasteiger partial charge >= 0.3 is 11.4 Å². The van der Waals surface area contributed by atoms with Crippen LogP contribution >= 0.6 is 0 Å². The minimum atomic E-state index is -3.53. The Balaban J connectivity index is 2.50. The van der Waals surface area contributed by atoms with E-state index < -0.39 is 27.5 Å². The van der Waals surface area contributed by atoms with E-state index in [0.29, 0.717) is 11.0 Å². The zero-order valence-corrected chi connectivity index (χ0v) is 12.5. The molecule has 1 aromatic carbocycles. The Hall–Kier alpha value is -1.29. The van der Waals surface area contributed by atoms with Crippen LogP contribution in [-0.2, 0) is 32.0 Å². The van der Waals surface area contributed by atoms with Gasteiger partial charge in [-0.05, 0) is 19.1 Å². The molecular weight excluding hydrogens is 304 g/mol. The molecule has 9 heteroatoms. The van der Waals surface area contributed by atoms with Gasteiger partial charge in [0.15, 0.2) is 0 Å². The van der Waals surface area contributed by atoms with Crippen molar-refractivity contribution in [3.63, 3.8) is 0 Å². The van der Waals surface area contributed by atoms with Crippen molar-refractivity contribution in [3.8, 4) is 0 Å². The summed E-state index contributed by atoms with van der Waals surface area (Å²) >= 11 is -2.40. The van der Waals surface area contributed by atoms with Crippen molar-refractivity contribution in [2.75, 3.05) is 6.26 Å². The van der Waals surface area contributed by atoms with Gasteiger partial charge in [0.2, 0.25) is 10.0 Å². The van der Waals surface area contributed by atoms with E-state index in [1.807, 2.05) is 0 Å².